The second-order valence-electron chi connectivity index (χ2n) is 6.15. The minimum absolute atomic E-state index is 0.101. The van der Waals surface area contributed by atoms with Crippen molar-refractivity contribution in [3.8, 4) is 0 Å². The molecule has 0 radical (unpaired) electrons. The number of esters is 1. The first-order valence-corrected chi connectivity index (χ1v) is 8.40. The Morgan fingerprint density at radius 3 is 2.24 bits per heavy atom. The standard InChI is InChI=1S/C17H16N2O5S/c1-17(2)12(16(23)24-3)18-13(20)11(8-25-17)19-14(21)9-6-4-5-7-10(9)15(19)22/h4-8,12H,1-3H3,(H,18,20)/t12-/m0/s1. The molecule has 0 bridgehead atoms. The maximum Gasteiger partial charge on any atom is 0.329 e. The van der Waals surface area contributed by atoms with Gasteiger partial charge in [0.05, 0.1) is 18.2 Å². The van der Waals surface area contributed by atoms with E-state index in [1.807, 2.05) is 0 Å². The van der Waals surface area contributed by atoms with Crippen LogP contribution in [0.5, 0.6) is 0 Å². The first kappa shape index (κ1) is 17.2. The van der Waals surface area contributed by atoms with Crippen molar-refractivity contribution in [1.82, 2.24) is 10.2 Å². The van der Waals surface area contributed by atoms with Gasteiger partial charge in [0.25, 0.3) is 17.7 Å². The average molecular weight is 360 g/mol. The summed E-state index contributed by atoms with van der Waals surface area (Å²) in [6.45, 7) is 3.53. The monoisotopic (exact) mass is 360 g/mol. The lowest BCUT2D eigenvalue weighted by atomic mass is 10.0. The van der Waals surface area contributed by atoms with Gasteiger partial charge in [0.2, 0.25) is 0 Å². The molecule has 0 aromatic heterocycles. The summed E-state index contributed by atoms with van der Waals surface area (Å²) in [5, 5.41) is 4.01. The normalized spacial score (nSPS) is 22.0. The molecule has 1 aromatic carbocycles. The van der Waals surface area contributed by atoms with Crippen LogP contribution in [0.2, 0.25) is 0 Å². The third-order valence-electron chi connectivity index (χ3n) is 4.15. The lowest BCUT2D eigenvalue weighted by molar-refractivity contribution is -0.145. The Labute approximate surface area is 148 Å². The predicted molar refractivity (Wildman–Crippen MR) is 90.6 cm³/mol. The molecule has 0 saturated carbocycles. The van der Waals surface area contributed by atoms with Gasteiger partial charge in [-0.25, -0.2) is 9.69 Å². The number of carbonyl (C=O) groups excluding carboxylic acids is 4. The SMILES string of the molecule is COC(=O)[C@@H]1NC(=O)C(N2C(=O)c3ccccc3C2=O)=CSC1(C)C. The number of methoxy groups -OCH3 is 1. The summed E-state index contributed by atoms with van der Waals surface area (Å²) in [7, 11) is 1.23. The van der Waals surface area contributed by atoms with Crippen LogP contribution in [-0.4, -0.2) is 46.5 Å². The van der Waals surface area contributed by atoms with Crippen molar-refractivity contribution >= 4 is 35.5 Å². The number of ether oxygens (including phenoxy) is 1. The number of fused-ring (bicyclic) bond motifs is 1. The van der Waals surface area contributed by atoms with Crippen molar-refractivity contribution in [2.75, 3.05) is 7.11 Å². The van der Waals surface area contributed by atoms with Crippen molar-refractivity contribution < 1.29 is 23.9 Å². The molecule has 8 heteroatoms. The minimum Gasteiger partial charge on any atom is -0.467 e. The fourth-order valence-electron chi connectivity index (χ4n) is 2.73. The van der Waals surface area contributed by atoms with Crippen LogP contribution >= 0.6 is 11.8 Å². The van der Waals surface area contributed by atoms with Gasteiger partial charge in [-0.15, -0.1) is 11.8 Å². The maximum absolute atomic E-state index is 12.6. The minimum atomic E-state index is -0.918. The van der Waals surface area contributed by atoms with Crippen LogP contribution in [-0.2, 0) is 14.3 Å². The van der Waals surface area contributed by atoms with Crippen LogP contribution in [0.3, 0.4) is 0 Å². The third kappa shape index (κ3) is 2.72. The zero-order valence-corrected chi connectivity index (χ0v) is 14.7. The van der Waals surface area contributed by atoms with Crippen LogP contribution in [0.4, 0.5) is 0 Å². The number of hydrogen-bond acceptors (Lipinski definition) is 6. The summed E-state index contributed by atoms with van der Waals surface area (Å²) in [5.74, 6) is -2.39. The molecule has 25 heavy (non-hydrogen) atoms. The van der Waals surface area contributed by atoms with E-state index in [0.717, 1.165) is 4.90 Å². The summed E-state index contributed by atoms with van der Waals surface area (Å²) in [6, 6.07) is 5.47. The molecule has 1 aromatic rings. The number of benzene rings is 1. The van der Waals surface area contributed by atoms with Crippen molar-refractivity contribution in [1.29, 1.82) is 0 Å². The van der Waals surface area contributed by atoms with Crippen LogP contribution < -0.4 is 5.32 Å². The van der Waals surface area contributed by atoms with Gasteiger partial charge >= 0.3 is 5.97 Å². The van der Waals surface area contributed by atoms with Gasteiger partial charge in [-0.1, -0.05) is 12.1 Å². The molecule has 2 aliphatic rings. The van der Waals surface area contributed by atoms with Crippen molar-refractivity contribution in [3.05, 3.63) is 46.5 Å². The number of amides is 3. The molecule has 3 rings (SSSR count). The van der Waals surface area contributed by atoms with Gasteiger partial charge in [0, 0.05) is 10.2 Å². The fraction of sp³-hybridized carbons (Fsp3) is 0.294. The van der Waals surface area contributed by atoms with Crippen LogP contribution in [0.15, 0.2) is 35.4 Å². The number of hydrogen-bond donors (Lipinski definition) is 1. The average Bonchev–Trinajstić information content (AvgIpc) is 2.77. The summed E-state index contributed by atoms with van der Waals surface area (Å²) >= 11 is 1.18. The Balaban J connectivity index is 1.98. The highest BCUT2D eigenvalue weighted by Crippen LogP contribution is 2.36. The molecular weight excluding hydrogens is 344 g/mol. The summed E-state index contributed by atoms with van der Waals surface area (Å²) < 4.78 is 4.03. The zero-order valence-electron chi connectivity index (χ0n) is 13.9. The maximum atomic E-state index is 12.6. The largest absolute Gasteiger partial charge is 0.467 e. The van der Waals surface area contributed by atoms with E-state index in [-0.39, 0.29) is 16.8 Å². The van der Waals surface area contributed by atoms with E-state index in [1.165, 1.54) is 24.3 Å². The summed E-state index contributed by atoms with van der Waals surface area (Å²) in [5.41, 5.74) is 0.397. The quantitative estimate of drug-likeness (QED) is 0.631. The number of carbonyl (C=O) groups is 4. The lowest BCUT2D eigenvalue weighted by Gasteiger charge is -2.29. The highest BCUT2D eigenvalue weighted by atomic mass is 32.2. The number of thioether (sulfide) groups is 1. The molecule has 0 fully saturated rings. The highest BCUT2D eigenvalue weighted by molar-refractivity contribution is 8.03. The van der Waals surface area contributed by atoms with Gasteiger partial charge in [-0.3, -0.25) is 14.4 Å². The van der Waals surface area contributed by atoms with E-state index in [1.54, 1.807) is 38.1 Å². The predicted octanol–water partition coefficient (Wildman–Crippen LogP) is 1.31. The lowest BCUT2D eigenvalue weighted by Crippen LogP contribution is -2.53. The molecule has 1 atom stereocenters. The second-order valence-corrected chi connectivity index (χ2v) is 7.67. The first-order chi connectivity index (χ1) is 11.8. The zero-order chi connectivity index (χ0) is 18.4. The molecule has 2 heterocycles. The van der Waals surface area contributed by atoms with E-state index >= 15 is 0 Å². The van der Waals surface area contributed by atoms with Gasteiger partial charge < -0.3 is 10.1 Å². The molecule has 0 saturated heterocycles. The van der Waals surface area contributed by atoms with E-state index < -0.39 is 34.5 Å². The molecular formula is C17H16N2O5S. The number of imide groups is 1. The van der Waals surface area contributed by atoms with Gasteiger partial charge in [0.1, 0.15) is 11.7 Å². The fourth-order valence-corrected chi connectivity index (χ4v) is 3.65. The van der Waals surface area contributed by atoms with E-state index in [0.29, 0.717) is 0 Å². The smallest absolute Gasteiger partial charge is 0.329 e. The highest BCUT2D eigenvalue weighted by Gasteiger charge is 2.45. The Kier molecular flexibility index (Phi) is 4.16. The van der Waals surface area contributed by atoms with Gasteiger partial charge in [-0.2, -0.15) is 0 Å². The van der Waals surface area contributed by atoms with Crippen LogP contribution in [0, 0.1) is 0 Å². The number of nitrogens with one attached hydrogen (secondary N) is 1. The van der Waals surface area contributed by atoms with Crippen molar-refractivity contribution in [2.24, 2.45) is 0 Å². The van der Waals surface area contributed by atoms with Gasteiger partial charge in [-0.05, 0) is 26.0 Å². The Bertz CT molecular complexity index is 795. The summed E-state index contributed by atoms with van der Waals surface area (Å²) in [6.07, 6.45) is 0. The molecule has 3 amide bonds. The third-order valence-corrected chi connectivity index (χ3v) is 5.33. The Hall–Kier alpha value is -2.61. The second kappa shape index (κ2) is 6.03. The van der Waals surface area contributed by atoms with E-state index in [9.17, 15) is 19.2 Å². The topological polar surface area (TPSA) is 92.8 Å². The van der Waals surface area contributed by atoms with Gasteiger partial charge in [0.15, 0.2) is 0 Å². The molecule has 1 N–H and O–H groups in total. The van der Waals surface area contributed by atoms with Crippen LogP contribution in [0.25, 0.3) is 0 Å². The molecule has 0 aliphatic carbocycles. The number of rotatable bonds is 2. The Morgan fingerprint density at radius 1 is 1.16 bits per heavy atom. The Morgan fingerprint density at radius 2 is 1.72 bits per heavy atom. The van der Waals surface area contributed by atoms with E-state index in [2.05, 4.69) is 5.32 Å². The summed E-state index contributed by atoms with van der Waals surface area (Å²) in [4.78, 5) is 50.6. The van der Waals surface area contributed by atoms with Crippen molar-refractivity contribution in [3.63, 3.8) is 0 Å². The molecule has 130 valence electrons. The molecule has 0 spiro atoms. The molecule has 0 unspecified atom stereocenters. The number of nitrogens with zero attached hydrogens (tertiary/aromatic N) is 1. The van der Waals surface area contributed by atoms with Crippen molar-refractivity contribution in [2.45, 2.75) is 24.6 Å². The first-order valence-electron chi connectivity index (χ1n) is 7.52. The molecule has 2 aliphatic heterocycles. The van der Waals surface area contributed by atoms with Crippen LogP contribution in [0.1, 0.15) is 34.6 Å². The van der Waals surface area contributed by atoms with E-state index in [4.69, 9.17) is 4.74 Å². The molecule has 7 nitrogen and oxygen atoms in total.